The first-order valence-electron chi connectivity index (χ1n) is 6.10. The fourth-order valence-electron chi connectivity index (χ4n) is 2.17. The topological polar surface area (TPSA) is 41.1 Å². The maximum absolute atomic E-state index is 4.17. The number of aromatic nitrogens is 2. The first-order chi connectivity index (χ1) is 8.83. The summed E-state index contributed by atoms with van der Waals surface area (Å²) < 4.78 is 0. The number of nitrogens with zero attached hydrogens (tertiary/aromatic N) is 3. The van der Waals surface area contributed by atoms with Crippen molar-refractivity contribution in [2.75, 3.05) is 24.5 Å². The Morgan fingerprint density at radius 1 is 1.44 bits per heavy atom. The number of anilines is 1. The first-order valence-corrected chi connectivity index (χ1v) is 6.92. The molecule has 0 spiro atoms. The summed E-state index contributed by atoms with van der Waals surface area (Å²) in [5.74, 6) is 0. The molecule has 93 valence electrons. The van der Waals surface area contributed by atoms with Crippen LogP contribution in [0.5, 0.6) is 0 Å². The Labute approximate surface area is 111 Å². The molecule has 2 aromatic rings. The molecule has 1 atom stereocenters. The van der Waals surface area contributed by atoms with Gasteiger partial charge in [0.1, 0.15) is 0 Å². The van der Waals surface area contributed by atoms with E-state index < -0.39 is 0 Å². The maximum atomic E-state index is 4.17. The summed E-state index contributed by atoms with van der Waals surface area (Å²) in [4.78, 5) is 11.6. The van der Waals surface area contributed by atoms with Crippen molar-refractivity contribution >= 4 is 16.3 Å². The molecule has 1 N–H and O–H groups in total. The average Bonchev–Trinajstić information content (AvgIpc) is 2.89. The first kappa shape index (κ1) is 11.6. The van der Waals surface area contributed by atoms with Gasteiger partial charge >= 0.3 is 0 Å². The van der Waals surface area contributed by atoms with Crippen molar-refractivity contribution < 1.29 is 0 Å². The normalized spacial score (nSPS) is 20.1. The van der Waals surface area contributed by atoms with Gasteiger partial charge in [0, 0.05) is 31.9 Å². The van der Waals surface area contributed by atoms with Gasteiger partial charge in [-0.05, 0) is 25.1 Å². The third-order valence-corrected chi connectivity index (χ3v) is 4.23. The van der Waals surface area contributed by atoms with Crippen LogP contribution in [0.15, 0.2) is 24.4 Å². The van der Waals surface area contributed by atoms with E-state index in [2.05, 4.69) is 45.6 Å². The van der Waals surface area contributed by atoms with Crippen molar-refractivity contribution in [3.8, 4) is 10.6 Å². The fraction of sp³-hybridized carbons (Fsp3) is 0.385. The highest BCUT2D eigenvalue weighted by Gasteiger charge is 2.17. The molecule has 4 nitrogen and oxygen atoms in total. The Balaban J connectivity index is 1.81. The van der Waals surface area contributed by atoms with Crippen molar-refractivity contribution in [1.29, 1.82) is 0 Å². The van der Waals surface area contributed by atoms with Crippen LogP contribution in [-0.2, 0) is 0 Å². The van der Waals surface area contributed by atoms with Crippen LogP contribution in [0.2, 0.25) is 0 Å². The lowest BCUT2D eigenvalue weighted by molar-refractivity contribution is 0.486. The molecule has 1 aliphatic heterocycles. The minimum Gasteiger partial charge on any atom is -0.361 e. The Kier molecular flexibility index (Phi) is 3.25. The molecule has 2 aromatic heterocycles. The van der Waals surface area contributed by atoms with Gasteiger partial charge in [-0.3, -0.25) is 0 Å². The predicted octanol–water partition coefficient (Wildman–Crippen LogP) is 1.80. The molecule has 0 aromatic carbocycles. The summed E-state index contributed by atoms with van der Waals surface area (Å²) in [5.41, 5.74) is 0.949. The molecule has 0 amide bonds. The molecular weight excluding hydrogens is 244 g/mol. The third kappa shape index (κ3) is 2.37. The third-order valence-electron chi connectivity index (χ3n) is 3.06. The number of rotatable bonds is 2. The van der Waals surface area contributed by atoms with Gasteiger partial charge in [-0.25, -0.2) is 9.97 Å². The molecule has 18 heavy (non-hydrogen) atoms. The van der Waals surface area contributed by atoms with Crippen LogP contribution in [-0.4, -0.2) is 35.6 Å². The Hall–Kier alpha value is -1.46. The van der Waals surface area contributed by atoms with E-state index in [9.17, 15) is 0 Å². The van der Waals surface area contributed by atoms with Crippen molar-refractivity contribution in [3.63, 3.8) is 0 Å². The van der Waals surface area contributed by atoms with E-state index in [4.69, 9.17) is 0 Å². The van der Waals surface area contributed by atoms with Crippen molar-refractivity contribution in [1.82, 2.24) is 15.3 Å². The summed E-state index contributed by atoms with van der Waals surface area (Å²) in [6.45, 7) is 5.41. The number of hydrogen-bond donors (Lipinski definition) is 1. The molecule has 3 rings (SSSR count). The van der Waals surface area contributed by atoms with E-state index in [0.29, 0.717) is 6.04 Å². The van der Waals surface area contributed by atoms with Crippen LogP contribution in [0.25, 0.3) is 10.6 Å². The Bertz CT molecular complexity index is 511. The summed E-state index contributed by atoms with van der Waals surface area (Å²) in [6, 6.07) is 6.78. The largest absolute Gasteiger partial charge is 0.361 e. The lowest BCUT2D eigenvalue weighted by Crippen LogP contribution is -2.49. The van der Waals surface area contributed by atoms with Crippen LogP contribution in [0.1, 0.15) is 6.92 Å². The molecule has 3 heterocycles. The van der Waals surface area contributed by atoms with Gasteiger partial charge in [0.15, 0.2) is 6.33 Å². The number of nitrogens with one attached hydrogen (secondary N) is 1. The van der Waals surface area contributed by atoms with E-state index in [-0.39, 0.29) is 0 Å². The molecule has 1 radical (unpaired) electrons. The SMILES string of the molecule is CC1CN(c2ccc(-c3ccn[c]n3)s2)CCN1. The fourth-order valence-corrected chi connectivity index (χ4v) is 3.18. The second kappa shape index (κ2) is 5.04. The predicted molar refractivity (Wildman–Crippen MR) is 73.9 cm³/mol. The van der Waals surface area contributed by atoms with Gasteiger partial charge in [0.25, 0.3) is 0 Å². The molecule has 1 aliphatic rings. The Morgan fingerprint density at radius 3 is 3.17 bits per heavy atom. The monoisotopic (exact) mass is 259 g/mol. The second-order valence-corrected chi connectivity index (χ2v) is 5.54. The van der Waals surface area contributed by atoms with Crippen LogP contribution in [0.4, 0.5) is 5.00 Å². The van der Waals surface area contributed by atoms with Crippen molar-refractivity contribution in [2.45, 2.75) is 13.0 Å². The minimum atomic E-state index is 0.552. The maximum Gasteiger partial charge on any atom is 0.198 e. The van der Waals surface area contributed by atoms with Crippen LogP contribution in [0, 0.1) is 6.33 Å². The highest BCUT2D eigenvalue weighted by Crippen LogP contribution is 2.32. The van der Waals surface area contributed by atoms with Gasteiger partial charge < -0.3 is 10.2 Å². The molecule has 0 aliphatic carbocycles. The van der Waals surface area contributed by atoms with Crippen LogP contribution >= 0.6 is 11.3 Å². The number of piperazine rings is 1. The van der Waals surface area contributed by atoms with E-state index in [1.165, 1.54) is 9.88 Å². The highest BCUT2D eigenvalue weighted by molar-refractivity contribution is 7.19. The zero-order chi connectivity index (χ0) is 12.4. The highest BCUT2D eigenvalue weighted by atomic mass is 32.1. The standard InChI is InChI=1S/C13H15N4S/c1-10-8-17(7-6-15-10)13-3-2-12(18-13)11-4-5-14-9-16-11/h2-5,10,15H,6-8H2,1H3. The molecule has 0 bridgehead atoms. The molecule has 1 fully saturated rings. The summed E-state index contributed by atoms with van der Waals surface area (Å²) >= 11 is 1.78. The van der Waals surface area contributed by atoms with E-state index >= 15 is 0 Å². The lowest BCUT2D eigenvalue weighted by Gasteiger charge is -2.32. The van der Waals surface area contributed by atoms with Crippen LogP contribution < -0.4 is 10.2 Å². The van der Waals surface area contributed by atoms with Crippen molar-refractivity contribution in [2.24, 2.45) is 0 Å². The van der Waals surface area contributed by atoms with Gasteiger partial charge in [-0.2, -0.15) is 0 Å². The number of hydrogen-bond acceptors (Lipinski definition) is 5. The van der Waals surface area contributed by atoms with Gasteiger partial charge in [-0.1, -0.05) is 0 Å². The zero-order valence-electron chi connectivity index (χ0n) is 10.3. The Morgan fingerprint density at radius 2 is 2.39 bits per heavy atom. The molecule has 5 heteroatoms. The van der Waals surface area contributed by atoms with Crippen LogP contribution in [0.3, 0.4) is 0 Å². The number of thiophene rings is 1. The molecular formula is C13H15N4S. The van der Waals surface area contributed by atoms with E-state index in [1.54, 1.807) is 17.5 Å². The van der Waals surface area contributed by atoms with E-state index in [1.807, 2.05) is 6.07 Å². The average molecular weight is 259 g/mol. The lowest BCUT2D eigenvalue weighted by atomic mass is 10.2. The quantitative estimate of drug-likeness (QED) is 0.893. The van der Waals surface area contributed by atoms with Gasteiger partial charge in [0.05, 0.1) is 15.6 Å². The van der Waals surface area contributed by atoms with Gasteiger partial charge in [0.2, 0.25) is 0 Å². The minimum absolute atomic E-state index is 0.552. The van der Waals surface area contributed by atoms with Gasteiger partial charge in [-0.15, -0.1) is 11.3 Å². The smallest absolute Gasteiger partial charge is 0.198 e. The summed E-state index contributed by atoms with van der Waals surface area (Å²) in [7, 11) is 0. The molecule has 1 unspecified atom stereocenters. The second-order valence-electron chi connectivity index (χ2n) is 4.48. The van der Waals surface area contributed by atoms with Crippen molar-refractivity contribution in [3.05, 3.63) is 30.7 Å². The van der Waals surface area contributed by atoms with E-state index in [0.717, 1.165) is 25.3 Å². The molecule has 1 saturated heterocycles. The summed E-state index contributed by atoms with van der Waals surface area (Å²) in [6.07, 6.45) is 4.37. The zero-order valence-corrected chi connectivity index (χ0v) is 11.1. The summed E-state index contributed by atoms with van der Waals surface area (Å²) in [5, 5.41) is 4.77. The molecule has 0 saturated carbocycles.